The van der Waals surface area contributed by atoms with Crippen LogP contribution in [-0.2, 0) is 21.2 Å². The van der Waals surface area contributed by atoms with Crippen LogP contribution in [0.5, 0.6) is 0 Å². The molecule has 29 heavy (non-hydrogen) atoms. The van der Waals surface area contributed by atoms with Gasteiger partial charge >= 0.3 is 0 Å². The van der Waals surface area contributed by atoms with Gasteiger partial charge in [0.25, 0.3) is 0 Å². The van der Waals surface area contributed by atoms with E-state index in [1.54, 1.807) is 18.2 Å². The molecule has 0 radical (unpaired) electrons. The van der Waals surface area contributed by atoms with Gasteiger partial charge in [0, 0.05) is 49.2 Å². The molecule has 2 fully saturated rings. The summed E-state index contributed by atoms with van der Waals surface area (Å²) in [5, 5.41) is 0.792. The number of sulfonamides is 1. The number of carbonyl (C=O) groups excluding carboxylic acids is 1. The van der Waals surface area contributed by atoms with Crippen molar-refractivity contribution in [3.05, 3.63) is 36.0 Å². The summed E-state index contributed by atoms with van der Waals surface area (Å²) >= 11 is 0. The molecule has 1 aromatic carbocycles. The molecule has 2 aromatic rings. The zero-order valence-corrected chi connectivity index (χ0v) is 18.1. The highest BCUT2D eigenvalue weighted by molar-refractivity contribution is 7.89. The molecule has 2 atom stereocenters. The number of aromatic amines is 1. The number of nitrogens with one attached hydrogen (secondary N) is 1. The number of carbonyl (C=O) groups is 1. The summed E-state index contributed by atoms with van der Waals surface area (Å²) in [5.41, 5.74) is 2.28. The second-order valence-corrected chi connectivity index (χ2v) is 11.1. The topological polar surface area (TPSA) is 73.5 Å². The van der Waals surface area contributed by atoms with E-state index in [4.69, 9.17) is 0 Å². The molecule has 1 N–H and O–H groups in total. The zero-order valence-electron chi connectivity index (χ0n) is 17.3. The van der Waals surface area contributed by atoms with Crippen molar-refractivity contribution in [3.8, 4) is 0 Å². The number of aromatic nitrogens is 1. The molecule has 2 aliphatic rings. The first-order chi connectivity index (χ1) is 13.9. The number of likely N-dealkylation sites (tertiary alicyclic amines) is 1. The summed E-state index contributed by atoms with van der Waals surface area (Å²) in [7, 11) is -3.22. The zero-order chi connectivity index (χ0) is 20.6. The molecule has 158 valence electrons. The van der Waals surface area contributed by atoms with E-state index in [0.717, 1.165) is 37.7 Å². The summed E-state index contributed by atoms with van der Waals surface area (Å²) in [4.78, 5) is 18.4. The Morgan fingerprint density at radius 3 is 2.79 bits per heavy atom. The first-order valence-corrected chi connectivity index (χ1v) is 12.2. The van der Waals surface area contributed by atoms with Gasteiger partial charge in [0.1, 0.15) is 0 Å². The minimum absolute atomic E-state index is 0.179. The van der Waals surface area contributed by atoms with Gasteiger partial charge in [-0.3, -0.25) is 4.79 Å². The Morgan fingerprint density at radius 2 is 2.00 bits per heavy atom. The number of hydrogen-bond acceptors (Lipinski definition) is 3. The second-order valence-electron chi connectivity index (χ2n) is 8.66. The maximum Gasteiger partial charge on any atom is 0.223 e. The van der Waals surface area contributed by atoms with Crippen LogP contribution in [-0.4, -0.2) is 59.4 Å². The number of aryl methyl sites for hydroxylation is 1. The van der Waals surface area contributed by atoms with Crippen LogP contribution < -0.4 is 0 Å². The van der Waals surface area contributed by atoms with E-state index in [1.165, 1.54) is 10.9 Å². The van der Waals surface area contributed by atoms with E-state index >= 15 is 0 Å². The standard InChI is InChI=1S/C22H31N3O3S/c1-16(2)29(27,28)24-13-11-21-18(15-24)6-5-12-25(21)22(26)10-9-17-14-23-20-8-4-3-7-19(17)20/h3-4,7-8,14,16,18,21,23H,5-6,9-13,15H2,1-2H3/t18-,21-/m1/s1. The molecule has 2 aliphatic heterocycles. The summed E-state index contributed by atoms with van der Waals surface area (Å²) in [6, 6.07) is 8.35. The van der Waals surface area contributed by atoms with Crippen LogP contribution in [0.15, 0.2) is 30.5 Å². The van der Waals surface area contributed by atoms with Crippen molar-refractivity contribution < 1.29 is 13.2 Å². The first-order valence-electron chi connectivity index (χ1n) is 10.7. The Labute approximate surface area is 173 Å². The van der Waals surface area contributed by atoms with Gasteiger partial charge in [0.05, 0.1) is 5.25 Å². The van der Waals surface area contributed by atoms with Crippen LogP contribution in [0.2, 0.25) is 0 Å². The first kappa shape index (κ1) is 20.4. The molecule has 7 heteroatoms. The van der Waals surface area contributed by atoms with Crippen molar-refractivity contribution in [2.24, 2.45) is 5.92 Å². The van der Waals surface area contributed by atoms with Crippen molar-refractivity contribution in [1.82, 2.24) is 14.2 Å². The smallest absolute Gasteiger partial charge is 0.223 e. The highest BCUT2D eigenvalue weighted by Gasteiger charge is 2.41. The lowest BCUT2D eigenvalue weighted by Crippen LogP contribution is -2.57. The lowest BCUT2D eigenvalue weighted by atomic mass is 9.84. The fourth-order valence-electron chi connectivity index (χ4n) is 4.93. The Kier molecular flexibility index (Phi) is 5.71. The van der Waals surface area contributed by atoms with Crippen molar-refractivity contribution in [3.63, 3.8) is 0 Å². The average molecular weight is 418 g/mol. The van der Waals surface area contributed by atoms with E-state index in [9.17, 15) is 13.2 Å². The maximum atomic E-state index is 13.1. The fraction of sp³-hybridized carbons (Fsp3) is 0.591. The van der Waals surface area contributed by atoms with Gasteiger partial charge in [-0.2, -0.15) is 0 Å². The van der Waals surface area contributed by atoms with E-state index in [2.05, 4.69) is 17.1 Å². The number of para-hydroxylation sites is 1. The predicted molar refractivity (Wildman–Crippen MR) is 115 cm³/mol. The van der Waals surface area contributed by atoms with E-state index in [-0.39, 0.29) is 17.9 Å². The molecule has 0 unspecified atom stereocenters. The molecule has 1 amide bonds. The van der Waals surface area contributed by atoms with Crippen molar-refractivity contribution in [2.75, 3.05) is 19.6 Å². The van der Waals surface area contributed by atoms with Crippen LogP contribution >= 0.6 is 0 Å². The Hall–Kier alpha value is -1.86. The molecule has 0 saturated carbocycles. The molecular weight excluding hydrogens is 386 g/mol. The molecule has 6 nitrogen and oxygen atoms in total. The summed E-state index contributed by atoms with van der Waals surface area (Å²) in [5.74, 6) is 0.452. The minimum atomic E-state index is -3.22. The third-order valence-corrected chi connectivity index (χ3v) is 8.83. The molecule has 2 saturated heterocycles. The third-order valence-electron chi connectivity index (χ3n) is 6.59. The fourth-order valence-corrected chi connectivity index (χ4v) is 6.29. The van der Waals surface area contributed by atoms with Gasteiger partial charge in [0.15, 0.2) is 0 Å². The lowest BCUT2D eigenvalue weighted by molar-refractivity contribution is -0.137. The van der Waals surface area contributed by atoms with Gasteiger partial charge in [0.2, 0.25) is 15.9 Å². The van der Waals surface area contributed by atoms with Crippen LogP contribution in [0.4, 0.5) is 0 Å². The SMILES string of the molecule is CC(C)S(=O)(=O)N1CC[C@@H]2[C@H](CCCN2C(=O)CCc2c[nH]c3ccccc23)C1. The average Bonchev–Trinajstić information content (AvgIpc) is 3.14. The van der Waals surface area contributed by atoms with Crippen LogP contribution in [0.1, 0.15) is 45.1 Å². The van der Waals surface area contributed by atoms with Gasteiger partial charge in [-0.1, -0.05) is 18.2 Å². The predicted octanol–water partition coefficient (Wildman–Crippen LogP) is 3.15. The van der Waals surface area contributed by atoms with E-state index in [1.807, 2.05) is 23.2 Å². The number of fused-ring (bicyclic) bond motifs is 2. The quantitative estimate of drug-likeness (QED) is 0.812. The van der Waals surface area contributed by atoms with Gasteiger partial charge in [-0.15, -0.1) is 0 Å². The number of H-pyrrole nitrogens is 1. The normalized spacial score (nSPS) is 23.5. The number of benzene rings is 1. The maximum absolute atomic E-state index is 13.1. The summed E-state index contributed by atoms with van der Waals surface area (Å²) < 4.78 is 26.8. The molecular formula is C22H31N3O3S. The van der Waals surface area contributed by atoms with E-state index < -0.39 is 15.3 Å². The number of nitrogens with zero attached hydrogens (tertiary/aromatic N) is 2. The Morgan fingerprint density at radius 1 is 1.21 bits per heavy atom. The summed E-state index contributed by atoms with van der Waals surface area (Å²) in [6.45, 7) is 5.35. The number of hydrogen-bond donors (Lipinski definition) is 1. The summed E-state index contributed by atoms with van der Waals surface area (Å²) in [6.07, 6.45) is 5.93. The second kappa shape index (κ2) is 8.11. The van der Waals surface area contributed by atoms with Crippen LogP contribution in [0, 0.1) is 5.92 Å². The largest absolute Gasteiger partial charge is 0.361 e. The Balaban J connectivity index is 1.41. The highest BCUT2D eigenvalue weighted by atomic mass is 32.2. The number of amides is 1. The van der Waals surface area contributed by atoms with Crippen molar-refractivity contribution >= 4 is 26.8 Å². The molecule has 0 bridgehead atoms. The number of piperidine rings is 2. The van der Waals surface area contributed by atoms with Crippen LogP contribution in [0.3, 0.4) is 0 Å². The van der Waals surface area contributed by atoms with Crippen molar-refractivity contribution in [2.45, 2.75) is 57.2 Å². The van der Waals surface area contributed by atoms with Crippen molar-refractivity contribution in [1.29, 1.82) is 0 Å². The molecule has 3 heterocycles. The van der Waals surface area contributed by atoms with E-state index in [0.29, 0.717) is 19.5 Å². The molecule has 0 aliphatic carbocycles. The lowest BCUT2D eigenvalue weighted by Gasteiger charge is -2.47. The van der Waals surface area contributed by atoms with Gasteiger partial charge in [-0.25, -0.2) is 12.7 Å². The molecule has 4 rings (SSSR count). The monoisotopic (exact) mass is 417 g/mol. The minimum Gasteiger partial charge on any atom is -0.361 e. The Bertz CT molecular complexity index is 982. The molecule has 0 spiro atoms. The molecule has 1 aromatic heterocycles. The highest BCUT2D eigenvalue weighted by Crippen LogP contribution is 2.33. The third kappa shape index (κ3) is 3.94. The van der Waals surface area contributed by atoms with Gasteiger partial charge in [-0.05, 0) is 57.1 Å². The van der Waals surface area contributed by atoms with Gasteiger partial charge < -0.3 is 9.88 Å². The number of rotatable bonds is 5. The van der Waals surface area contributed by atoms with Crippen LogP contribution in [0.25, 0.3) is 10.9 Å².